The first-order valence-electron chi connectivity index (χ1n) is 7.45. The number of rotatable bonds is 3. The van der Waals surface area contributed by atoms with Crippen molar-refractivity contribution in [3.05, 3.63) is 36.0 Å². The SMILES string of the molecule is COc1cc(-c2ccc[nH]2)cc(C)c1N1CCN(C)CC1. The van der Waals surface area contributed by atoms with Gasteiger partial charge in [0.25, 0.3) is 0 Å². The van der Waals surface area contributed by atoms with Crippen molar-refractivity contribution in [2.75, 3.05) is 45.2 Å². The summed E-state index contributed by atoms with van der Waals surface area (Å²) in [4.78, 5) is 8.06. The molecule has 1 aromatic heterocycles. The maximum Gasteiger partial charge on any atom is 0.143 e. The number of hydrogen-bond donors (Lipinski definition) is 1. The second-order valence-electron chi connectivity index (χ2n) is 5.72. The minimum Gasteiger partial charge on any atom is -0.495 e. The van der Waals surface area contributed by atoms with Crippen molar-refractivity contribution in [1.82, 2.24) is 9.88 Å². The Labute approximate surface area is 126 Å². The summed E-state index contributed by atoms with van der Waals surface area (Å²) >= 11 is 0. The predicted octanol–water partition coefficient (Wildman–Crippen LogP) is 2.75. The van der Waals surface area contributed by atoms with Gasteiger partial charge in [-0.2, -0.15) is 0 Å². The molecule has 3 rings (SSSR count). The molecule has 1 N–H and O–H groups in total. The highest BCUT2D eigenvalue weighted by Gasteiger charge is 2.20. The van der Waals surface area contributed by atoms with Crippen LogP contribution in [0.15, 0.2) is 30.5 Å². The van der Waals surface area contributed by atoms with E-state index in [9.17, 15) is 0 Å². The molecule has 21 heavy (non-hydrogen) atoms. The normalized spacial score (nSPS) is 16.2. The first-order chi connectivity index (χ1) is 10.2. The Kier molecular flexibility index (Phi) is 3.88. The number of aromatic nitrogens is 1. The molecule has 0 atom stereocenters. The second-order valence-corrected chi connectivity index (χ2v) is 5.72. The molecule has 0 saturated carbocycles. The highest BCUT2D eigenvalue weighted by Crippen LogP contribution is 2.36. The molecule has 1 saturated heterocycles. The smallest absolute Gasteiger partial charge is 0.143 e. The Balaban J connectivity index is 1.97. The van der Waals surface area contributed by atoms with E-state index in [-0.39, 0.29) is 0 Å². The van der Waals surface area contributed by atoms with Crippen LogP contribution in [-0.2, 0) is 0 Å². The summed E-state index contributed by atoms with van der Waals surface area (Å²) in [5.74, 6) is 0.962. The van der Waals surface area contributed by atoms with Gasteiger partial charge in [-0.05, 0) is 43.8 Å². The van der Waals surface area contributed by atoms with Crippen molar-refractivity contribution in [3.8, 4) is 17.0 Å². The number of likely N-dealkylation sites (N-methyl/N-ethyl adjacent to an activating group) is 1. The third kappa shape index (κ3) is 2.76. The number of ether oxygens (including phenoxy) is 1. The quantitative estimate of drug-likeness (QED) is 0.941. The Morgan fingerprint density at radius 2 is 1.90 bits per heavy atom. The number of piperazine rings is 1. The monoisotopic (exact) mass is 285 g/mol. The van der Waals surface area contributed by atoms with Gasteiger partial charge in [-0.15, -0.1) is 0 Å². The molecule has 2 aromatic rings. The van der Waals surface area contributed by atoms with Gasteiger partial charge < -0.3 is 19.5 Å². The van der Waals surface area contributed by atoms with Gasteiger partial charge in [0.1, 0.15) is 5.75 Å². The van der Waals surface area contributed by atoms with Gasteiger partial charge in [-0.1, -0.05) is 0 Å². The fraction of sp³-hybridized carbons (Fsp3) is 0.412. The third-order valence-electron chi connectivity index (χ3n) is 4.21. The van der Waals surface area contributed by atoms with Gasteiger partial charge in [0.15, 0.2) is 0 Å². The summed E-state index contributed by atoms with van der Waals surface area (Å²) in [5, 5.41) is 0. The number of benzene rings is 1. The van der Waals surface area contributed by atoms with Crippen molar-refractivity contribution < 1.29 is 4.74 Å². The fourth-order valence-corrected chi connectivity index (χ4v) is 3.00. The van der Waals surface area contributed by atoms with Gasteiger partial charge in [-0.3, -0.25) is 0 Å². The molecule has 1 aliphatic heterocycles. The highest BCUT2D eigenvalue weighted by atomic mass is 16.5. The highest BCUT2D eigenvalue weighted by molar-refractivity contribution is 5.73. The number of H-pyrrole nitrogens is 1. The Bertz CT molecular complexity index is 599. The van der Waals surface area contributed by atoms with E-state index in [0.29, 0.717) is 0 Å². The molecule has 112 valence electrons. The molecule has 2 heterocycles. The lowest BCUT2D eigenvalue weighted by atomic mass is 10.0. The van der Waals surface area contributed by atoms with Crippen molar-refractivity contribution in [3.63, 3.8) is 0 Å². The number of anilines is 1. The Hall–Kier alpha value is -1.94. The van der Waals surface area contributed by atoms with E-state index in [0.717, 1.165) is 37.6 Å². The second kappa shape index (κ2) is 5.82. The van der Waals surface area contributed by atoms with Crippen molar-refractivity contribution in [2.24, 2.45) is 0 Å². The number of nitrogens with one attached hydrogen (secondary N) is 1. The zero-order chi connectivity index (χ0) is 14.8. The van der Waals surface area contributed by atoms with E-state index < -0.39 is 0 Å². The van der Waals surface area contributed by atoms with Crippen molar-refractivity contribution in [2.45, 2.75) is 6.92 Å². The van der Waals surface area contributed by atoms with Gasteiger partial charge in [-0.25, -0.2) is 0 Å². The molecule has 1 aromatic carbocycles. The van der Waals surface area contributed by atoms with E-state index in [1.165, 1.54) is 16.8 Å². The zero-order valence-corrected chi connectivity index (χ0v) is 13.0. The summed E-state index contributed by atoms with van der Waals surface area (Å²) in [6.45, 7) is 6.47. The maximum absolute atomic E-state index is 5.68. The largest absolute Gasteiger partial charge is 0.495 e. The average Bonchev–Trinajstić information content (AvgIpc) is 3.02. The average molecular weight is 285 g/mol. The predicted molar refractivity (Wildman–Crippen MR) is 87.2 cm³/mol. The molecule has 0 aliphatic carbocycles. The lowest BCUT2D eigenvalue weighted by Crippen LogP contribution is -2.44. The minimum atomic E-state index is 0.962. The van der Waals surface area contributed by atoms with Crippen LogP contribution < -0.4 is 9.64 Å². The van der Waals surface area contributed by atoms with Gasteiger partial charge >= 0.3 is 0 Å². The minimum absolute atomic E-state index is 0.962. The summed E-state index contributed by atoms with van der Waals surface area (Å²) in [5.41, 5.74) is 4.80. The van der Waals surface area contributed by atoms with E-state index in [1.54, 1.807) is 7.11 Å². The summed E-state index contributed by atoms with van der Waals surface area (Å²) in [6, 6.07) is 8.48. The molecule has 0 radical (unpaired) electrons. The number of hydrogen-bond acceptors (Lipinski definition) is 3. The van der Waals surface area contributed by atoms with E-state index in [1.807, 2.05) is 12.3 Å². The molecule has 0 unspecified atom stereocenters. The maximum atomic E-state index is 5.68. The van der Waals surface area contributed by atoms with Gasteiger partial charge in [0.05, 0.1) is 12.8 Å². The Morgan fingerprint density at radius 1 is 1.14 bits per heavy atom. The summed E-state index contributed by atoms with van der Waals surface area (Å²) in [6.07, 6.45) is 1.95. The van der Waals surface area contributed by atoms with Crippen molar-refractivity contribution in [1.29, 1.82) is 0 Å². The van der Waals surface area contributed by atoms with Crippen molar-refractivity contribution >= 4 is 5.69 Å². The van der Waals surface area contributed by atoms with Crippen LogP contribution in [0.3, 0.4) is 0 Å². The lowest BCUT2D eigenvalue weighted by Gasteiger charge is -2.35. The fourth-order valence-electron chi connectivity index (χ4n) is 3.00. The molecule has 1 aliphatic rings. The topological polar surface area (TPSA) is 31.5 Å². The van der Waals surface area contributed by atoms with Gasteiger partial charge in [0.2, 0.25) is 0 Å². The molecule has 0 spiro atoms. The number of aryl methyl sites for hydroxylation is 1. The zero-order valence-electron chi connectivity index (χ0n) is 13.0. The summed E-state index contributed by atoms with van der Waals surface area (Å²) in [7, 11) is 3.93. The first-order valence-corrected chi connectivity index (χ1v) is 7.45. The van der Waals surface area contributed by atoms with Crippen LogP contribution >= 0.6 is 0 Å². The van der Waals surface area contributed by atoms with Crippen LogP contribution in [0.5, 0.6) is 5.75 Å². The van der Waals surface area contributed by atoms with E-state index in [4.69, 9.17) is 4.74 Å². The molecule has 4 heteroatoms. The lowest BCUT2D eigenvalue weighted by molar-refractivity contribution is 0.311. The molecule has 1 fully saturated rings. The van der Waals surface area contributed by atoms with E-state index >= 15 is 0 Å². The van der Waals surface area contributed by atoms with Crippen LogP contribution in [0.4, 0.5) is 5.69 Å². The Morgan fingerprint density at radius 3 is 2.52 bits per heavy atom. The van der Waals surface area contributed by atoms with Crippen LogP contribution in [0, 0.1) is 6.92 Å². The van der Waals surface area contributed by atoms with Gasteiger partial charge in [0, 0.05) is 43.6 Å². The molecule has 0 amide bonds. The van der Waals surface area contributed by atoms with Crippen LogP contribution in [0.1, 0.15) is 5.56 Å². The first kappa shape index (κ1) is 14.0. The number of aromatic amines is 1. The standard InChI is InChI=1S/C17H23N3O/c1-13-11-14(15-5-4-6-18-15)12-16(21-3)17(13)20-9-7-19(2)8-10-20/h4-6,11-12,18H,7-10H2,1-3H3. The summed E-state index contributed by atoms with van der Waals surface area (Å²) < 4.78 is 5.68. The number of nitrogens with zero attached hydrogens (tertiary/aromatic N) is 2. The van der Waals surface area contributed by atoms with Crippen LogP contribution in [-0.4, -0.2) is 50.2 Å². The number of methoxy groups -OCH3 is 1. The molecular formula is C17H23N3O. The third-order valence-corrected chi connectivity index (χ3v) is 4.21. The van der Waals surface area contributed by atoms with Crippen LogP contribution in [0.25, 0.3) is 11.3 Å². The molecule has 4 nitrogen and oxygen atoms in total. The molecular weight excluding hydrogens is 262 g/mol. The van der Waals surface area contributed by atoms with E-state index in [2.05, 4.69) is 47.0 Å². The van der Waals surface area contributed by atoms with Crippen LogP contribution in [0.2, 0.25) is 0 Å². The molecule has 0 bridgehead atoms.